The van der Waals surface area contributed by atoms with Crippen molar-refractivity contribution in [3.05, 3.63) is 29.3 Å². The van der Waals surface area contributed by atoms with E-state index in [4.69, 9.17) is 19.4 Å². The maximum atomic E-state index is 5.53. The molecule has 4 rings (SSSR count). The SMILES string of the molecule is CCCCc1cc2nc(-c3ccc(OC)nc3)nc(N3CCOCC3)c2s1. The molecule has 0 radical (unpaired) electrons. The Morgan fingerprint density at radius 2 is 2.07 bits per heavy atom. The van der Waals surface area contributed by atoms with Gasteiger partial charge >= 0.3 is 0 Å². The fourth-order valence-electron chi connectivity index (χ4n) is 3.19. The summed E-state index contributed by atoms with van der Waals surface area (Å²) in [6.07, 6.45) is 5.26. The molecule has 6 nitrogen and oxygen atoms in total. The lowest BCUT2D eigenvalue weighted by molar-refractivity contribution is 0.122. The fourth-order valence-corrected chi connectivity index (χ4v) is 4.34. The molecule has 1 fully saturated rings. The Balaban J connectivity index is 1.78. The number of methoxy groups -OCH3 is 1. The van der Waals surface area contributed by atoms with Gasteiger partial charge in [-0.1, -0.05) is 13.3 Å². The van der Waals surface area contributed by atoms with E-state index in [1.807, 2.05) is 23.5 Å². The van der Waals surface area contributed by atoms with Gasteiger partial charge in [0.1, 0.15) is 0 Å². The van der Waals surface area contributed by atoms with Crippen LogP contribution in [0.4, 0.5) is 5.82 Å². The van der Waals surface area contributed by atoms with E-state index in [9.17, 15) is 0 Å². The third kappa shape index (κ3) is 3.89. The van der Waals surface area contributed by atoms with Gasteiger partial charge in [-0.15, -0.1) is 11.3 Å². The Morgan fingerprint density at radius 1 is 1.22 bits per heavy atom. The molecule has 0 unspecified atom stereocenters. The summed E-state index contributed by atoms with van der Waals surface area (Å²) < 4.78 is 11.9. The minimum atomic E-state index is 0.589. The normalized spacial score (nSPS) is 14.7. The number of fused-ring (bicyclic) bond motifs is 1. The molecule has 0 atom stereocenters. The van der Waals surface area contributed by atoms with Crippen molar-refractivity contribution in [1.29, 1.82) is 0 Å². The first-order valence-corrected chi connectivity index (χ1v) is 10.2. The number of ether oxygens (including phenoxy) is 2. The summed E-state index contributed by atoms with van der Waals surface area (Å²) in [6, 6.07) is 6.03. The van der Waals surface area contributed by atoms with Gasteiger partial charge in [-0.2, -0.15) is 0 Å². The first kappa shape index (κ1) is 18.1. The van der Waals surface area contributed by atoms with Crippen LogP contribution in [0.1, 0.15) is 24.6 Å². The summed E-state index contributed by atoms with van der Waals surface area (Å²) >= 11 is 1.82. The summed E-state index contributed by atoms with van der Waals surface area (Å²) in [4.78, 5) is 17.8. The molecule has 0 aromatic carbocycles. The van der Waals surface area contributed by atoms with Gasteiger partial charge in [-0.3, -0.25) is 0 Å². The van der Waals surface area contributed by atoms with E-state index in [-0.39, 0.29) is 0 Å². The van der Waals surface area contributed by atoms with E-state index in [0.29, 0.717) is 11.7 Å². The monoisotopic (exact) mass is 384 g/mol. The van der Waals surface area contributed by atoms with Gasteiger partial charge in [0.2, 0.25) is 5.88 Å². The Hall–Kier alpha value is -2.25. The van der Waals surface area contributed by atoms with Crippen molar-refractivity contribution in [2.24, 2.45) is 0 Å². The highest BCUT2D eigenvalue weighted by Crippen LogP contribution is 2.35. The van der Waals surface area contributed by atoms with Gasteiger partial charge in [0.15, 0.2) is 11.6 Å². The van der Waals surface area contributed by atoms with E-state index in [1.165, 1.54) is 22.4 Å². The number of nitrogens with zero attached hydrogens (tertiary/aromatic N) is 4. The van der Waals surface area contributed by atoms with Crippen molar-refractivity contribution in [1.82, 2.24) is 15.0 Å². The minimum Gasteiger partial charge on any atom is -0.481 e. The third-order valence-corrected chi connectivity index (χ3v) is 5.88. The lowest BCUT2D eigenvalue weighted by Crippen LogP contribution is -2.36. The molecule has 7 heteroatoms. The summed E-state index contributed by atoms with van der Waals surface area (Å²) in [6.45, 7) is 5.41. The standard InChI is InChI=1S/C20H24N4O2S/c1-3-4-5-15-12-16-18(27-15)20(24-8-10-26-11-9-24)23-19(22-16)14-6-7-17(25-2)21-13-14/h6-7,12-13H,3-5,8-11H2,1-2H3. The first-order valence-electron chi connectivity index (χ1n) is 9.42. The van der Waals surface area contributed by atoms with Crippen molar-refractivity contribution in [3.63, 3.8) is 0 Å². The fraction of sp³-hybridized carbons (Fsp3) is 0.450. The predicted molar refractivity (Wildman–Crippen MR) is 109 cm³/mol. The molecule has 1 saturated heterocycles. The maximum absolute atomic E-state index is 5.53. The Bertz CT molecular complexity index is 904. The number of thiophene rings is 1. The Morgan fingerprint density at radius 3 is 2.78 bits per heavy atom. The second-order valence-electron chi connectivity index (χ2n) is 6.59. The number of hydrogen-bond donors (Lipinski definition) is 0. The highest BCUT2D eigenvalue weighted by Gasteiger charge is 2.20. The molecular weight excluding hydrogens is 360 g/mol. The molecular formula is C20H24N4O2S. The van der Waals surface area contributed by atoms with Gasteiger partial charge in [-0.05, 0) is 25.0 Å². The molecule has 0 aliphatic carbocycles. The molecule has 3 aromatic rings. The molecule has 4 heterocycles. The molecule has 0 saturated carbocycles. The van der Waals surface area contributed by atoms with Crippen LogP contribution in [-0.2, 0) is 11.2 Å². The van der Waals surface area contributed by atoms with Gasteiger partial charge in [-0.25, -0.2) is 15.0 Å². The highest BCUT2D eigenvalue weighted by atomic mass is 32.1. The summed E-state index contributed by atoms with van der Waals surface area (Å²) in [5.41, 5.74) is 1.92. The number of hydrogen-bond acceptors (Lipinski definition) is 7. The van der Waals surface area contributed by atoms with Crippen molar-refractivity contribution < 1.29 is 9.47 Å². The van der Waals surface area contributed by atoms with Crippen LogP contribution in [0.2, 0.25) is 0 Å². The molecule has 0 N–H and O–H groups in total. The molecule has 0 spiro atoms. The molecule has 0 bridgehead atoms. The van der Waals surface area contributed by atoms with Crippen molar-refractivity contribution >= 4 is 27.4 Å². The van der Waals surface area contributed by atoms with Crippen LogP contribution < -0.4 is 9.64 Å². The number of aryl methyl sites for hydroxylation is 1. The molecule has 1 aliphatic heterocycles. The van der Waals surface area contributed by atoms with Gasteiger partial charge in [0.05, 0.1) is 30.5 Å². The first-order chi connectivity index (χ1) is 13.3. The number of pyridine rings is 1. The second-order valence-corrected chi connectivity index (χ2v) is 7.73. The average molecular weight is 385 g/mol. The van der Waals surface area contributed by atoms with Crippen LogP contribution in [-0.4, -0.2) is 48.4 Å². The zero-order chi connectivity index (χ0) is 18.6. The molecule has 3 aromatic heterocycles. The zero-order valence-corrected chi connectivity index (χ0v) is 16.6. The largest absolute Gasteiger partial charge is 0.481 e. The quantitative estimate of drug-likeness (QED) is 0.641. The van der Waals surface area contributed by atoms with E-state index in [2.05, 4.69) is 22.9 Å². The number of morpholine rings is 1. The minimum absolute atomic E-state index is 0.589. The van der Waals surface area contributed by atoms with E-state index >= 15 is 0 Å². The predicted octanol–water partition coefficient (Wildman–Crippen LogP) is 3.94. The van der Waals surface area contributed by atoms with Crippen molar-refractivity contribution in [2.45, 2.75) is 26.2 Å². The van der Waals surface area contributed by atoms with Gasteiger partial charge < -0.3 is 14.4 Å². The van der Waals surface area contributed by atoms with Gasteiger partial charge in [0.25, 0.3) is 0 Å². The molecule has 27 heavy (non-hydrogen) atoms. The van der Waals surface area contributed by atoms with Crippen LogP contribution in [0.3, 0.4) is 0 Å². The van der Waals surface area contributed by atoms with Gasteiger partial charge in [0, 0.05) is 35.8 Å². The Labute approximate surface area is 163 Å². The number of rotatable bonds is 6. The van der Waals surface area contributed by atoms with E-state index in [0.717, 1.165) is 49.6 Å². The molecule has 142 valence electrons. The van der Waals surface area contributed by atoms with Crippen LogP contribution in [0.25, 0.3) is 21.6 Å². The van der Waals surface area contributed by atoms with E-state index < -0.39 is 0 Å². The summed E-state index contributed by atoms with van der Waals surface area (Å²) in [7, 11) is 1.62. The van der Waals surface area contributed by atoms with E-state index in [1.54, 1.807) is 13.3 Å². The molecule has 1 aliphatic rings. The summed E-state index contributed by atoms with van der Waals surface area (Å²) in [5, 5.41) is 0. The van der Waals surface area contributed by atoms with Crippen LogP contribution in [0.15, 0.2) is 24.4 Å². The smallest absolute Gasteiger partial charge is 0.212 e. The van der Waals surface area contributed by atoms with Crippen molar-refractivity contribution in [2.75, 3.05) is 38.3 Å². The second kappa shape index (κ2) is 8.19. The lowest BCUT2D eigenvalue weighted by atomic mass is 10.2. The third-order valence-electron chi connectivity index (χ3n) is 4.70. The average Bonchev–Trinajstić information content (AvgIpc) is 3.15. The molecule has 0 amide bonds. The highest BCUT2D eigenvalue weighted by molar-refractivity contribution is 7.19. The lowest BCUT2D eigenvalue weighted by Gasteiger charge is -2.28. The number of unbranched alkanes of at least 4 members (excludes halogenated alkanes) is 1. The Kier molecular flexibility index (Phi) is 5.50. The summed E-state index contributed by atoms with van der Waals surface area (Å²) in [5.74, 6) is 2.31. The zero-order valence-electron chi connectivity index (χ0n) is 15.8. The van der Waals surface area contributed by atoms with Crippen LogP contribution >= 0.6 is 11.3 Å². The van der Waals surface area contributed by atoms with Crippen LogP contribution in [0, 0.1) is 0 Å². The number of aromatic nitrogens is 3. The topological polar surface area (TPSA) is 60.4 Å². The van der Waals surface area contributed by atoms with Crippen LogP contribution in [0.5, 0.6) is 5.88 Å². The van der Waals surface area contributed by atoms with Crippen molar-refractivity contribution in [3.8, 4) is 17.3 Å². The number of anilines is 1. The maximum Gasteiger partial charge on any atom is 0.212 e.